The molecular formula is C60H79F32N2O18S3-3. The molecule has 0 bridgehead atoms. The lowest BCUT2D eigenvalue weighted by molar-refractivity contribution is -0.458. The SMILES string of the molecule is C1CO1.C1CO1.C=CC(=O)OCCN(CCCC)S(=O)(=O)C(F)(F)C(F)(F)C(F)(F)C(F)(F)C(F)(F)C(F)(F)C(F)(F)C(F)(F)F.C=CC(=O)OCCN(CCCC)S(=O)(=O)C(F)(F)C(F)(F)C(F)(F)C(F)(F)C(F)(F)C(F)(F)C(F)(F)F.C=CC(=O)[O-].C=CC(=O)[O-].C=CC(=O)[O-].CC1CO1.CC1CO1.CCCCCCCCS. The van der Waals surface area contributed by atoms with E-state index in [9.17, 15) is 167 Å². The van der Waals surface area contributed by atoms with Crippen LogP contribution in [0.25, 0.3) is 0 Å². The highest BCUT2D eigenvalue weighted by Crippen LogP contribution is 2.66. The second-order valence-electron chi connectivity index (χ2n) is 22.2. The van der Waals surface area contributed by atoms with E-state index in [2.05, 4.69) is 85.2 Å². The van der Waals surface area contributed by atoms with Crippen LogP contribution in [0.5, 0.6) is 0 Å². The molecule has 0 aromatic carbocycles. The van der Waals surface area contributed by atoms with E-state index in [0.29, 0.717) is 24.4 Å². The average molecular weight is 1820 g/mol. The Balaban J connectivity index is -0.000000352. The fourth-order valence-corrected chi connectivity index (χ4v) is 8.97. The molecule has 2 unspecified atom stereocenters. The van der Waals surface area contributed by atoms with Crippen molar-refractivity contribution in [2.24, 2.45) is 0 Å². The lowest BCUT2D eigenvalue weighted by Gasteiger charge is -2.43. The van der Waals surface area contributed by atoms with Gasteiger partial charge in [0.1, 0.15) is 13.2 Å². The molecule has 4 fully saturated rings. The molecule has 0 N–H and O–H groups in total. The maximum Gasteiger partial charge on any atom is 0.460 e. The third-order valence-electron chi connectivity index (χ3n) is 12.8. The standard InChI is InChI=1S/C17H16F17NO4S.C16H16F15NO4S.C8H18S.3C3H4O2.2C3H6O.2C2H4O/c1-3-5-6-35(7-8-39-9(36)4-2)40(37,38)17(33,34)15(28,29)13(24,25)11(20,21)10(18,19)12(22,23)14(26,27)16(30,31)32;1-3-5-6-32(7-8-36-9(33)4-2)37(34,35)16(30,31)14(25,26)12(21,22)10(17,18)11(19,20)13(23,24)15(27,28)29;1-2-3-4-5-6-7-8-9;3*1-2-3(4)5;2*1-3-2-4-3;2*1-2-3-1/h4H,2-3,5-8H2,1H3;4H,2-3,5-8H2,1H3;9H,2-8H2,1H3;3*2H,1H2,(H,4,5);2*3H,2H2,1H3;2*1-2H2/p-3. The molecule has 4 aliphatic heterocycles. The Kier molecular flexibility index (Phi) is 52.1. The van der Waals surface area contributed by atoms with Gasteiger partial charge in [0.25, 0.3) is 20.0 Å². The van der Waals surface area contributed by atoms with Gasteiger partial charge in [-0.1, -0.05) is 98.6 Å². The number of unbranched alkanes of at least 4 members (excludes halogenated alkanes) is 7. The summed E-state index contributed by atoms with van der Waals surface area (Å²) in [6.07, 6.45) is -4.64. The number of rotatable bonds is 38. The molecule has 0 aromatic heterocycles. The first kappa shape index (κ1) is 120. The van der Waals surface area contributed by atoms with Crippen molar-refractivity contribution in [3.63, 3.8) is 0 Å². The minimum absolute atomic E-state index is 0.118. The monoisotopic (exact) mass is 1820 g/mol. The molecule has 0 spiro atoms. The number of esters is 2. The summed E-state index contributed by atoms with van der Waals surface area (Å²) in [5.41, 5.74) is 0. The highest BCUT2D eigenvalue weighted by Gasteiger charge is 2.97. The smallest absolute Gasteiger partial charge is 0.460 e. The first-order valence-corrected chi connectivity index (χ1v) is 35.2. The van der Waals surface area contributed by atoms with Gasteiger partial charge in [-0.05, 0) is 57.1 Å². The molecule has 0 saturated carbocycles. The van der Waals surface area contributed by atoms with Crippen molar-refractivity contribution in [2.75, 3.05) is 84.8 Å². The summed E-state index contributed by atoms with van der Waals surface area (Å²) in [6, 6.07) is 0. The van der Waals surface area contributed by atoms with Gasteiger partial charge in [0, 0.05) is 38.3 Å². The number of aliphatic carboxylic acids is 3. The van der Waals surface area contributed by atoms with Gasteiger partial charge in [0.05, 0.1) is 69.8 Å². The summed E-state index contributed by atoms with van der Waals surface area (Å²) in [7, 11) is -14.8. The summed E-state index contributed by atoms with van der Waals surface area (Å²) in [5.74, 6) is -99.4. The molecule has 0 radical (unpaired) electrons. The summed E-state index contributed by atoms with van der Waals surface area (Å²) < 4.78 is 502. The molecule has 4 rings (SSSR count). The second kappa shape index (κ2) is 50.0. The molecule has 0 amide bonds. The van der Waals surface area contributed by atoms with Crippen LogP contribution in [0.3, 0.4) is 0 Å². The number of ether oxygens (including phenoxy) is 6. The minimum Gasteiger partial charge on any atom is -0.545 e. The zero-order chi connectivity index (χ0) is 92.7. The van der Waals surface area contributed by atoms with Gasteiger partial charge in [-0.25, -0.2) is 26.4 Å². The van der Waals surface area contributed by atoms with Crippen LogP contribution in [0.2, 0.25) is 0 Å². The van der Waals surface area contributed by atoms with Gasteiger partial charge in [-0.3, -0.25) is 0 Å². The molecular weight excluding hydrogens is 1740 g/mol. The number of carboxylic acid groups (broad SMARTS) is 3. The van der Waals surface area contributed by atoms with Crippen LogP contribution in [0, 0.1) is 0 Å². The van der Waals surface area contributed by atoms with Gasteiger partial charge in [0.2, 0.25) is 0 Å². The number of halogens is 32. The summed E-state index contributed by atoms with van der Waals surface area (Å²) in [6.45, 7) is 20.9. The Morgan fingerprint density at radius 2 is 0.565 bits per heavy atom. The molecule has 55 heteroatoms. The molecule has 682 valence electrons. The fourth-order valence-electron chi connectivity index (χ4n) is 5.82. The Morgan fingerprint density at radius 3 is 0.730 bits per heavy atom. The summed E-state index contributed by atoms with van der Waals surface area (Å²) in [5, 5.41) is 12.2. The molecule has 4 aliphatic rings. The van der Waals surface area contributed by atoms with Crippen molar-refractivity contribution in [1.82, 2.24) is 8.61 Å². The number of carboxylic acids is 3. The van der Waals surface area contributed by atoms with E-state index >= 15 is 0 Å². The second-order valence-corrected chi connectivity index (χ2v) is 26.6. The van der Waals surface area contributed by atoms with Crippen molar-refractivity contribution >= 4 is 62.5 Å². The van der Waals surface area contributed by atoms with Crippen molar-refractivity contribution < 1.29 is 225 Å². The van der Waals surface area contributed by atoms with Crippen LogP contribution < -0.4 is 15.3 Å². The van der Waals surface area contributed by atoms with Crippen molar-refractivity contribution in [3.8, 4) is 0 Å². The fraction of sp³-hybridized carbons (Fsp3) is 0.750. The van der Waals surface area contributed by atoms with Gasteiger partial charge in [-0.15, -0.1) is 0 Å². The Bertz CT molecular complexity index is 3120. The van der Waals surface area contributed by atoms with E-state index in [-0.39, 0.29) is 12.8 Å². The summed E-state index contributed by atoms with van der Waals surface area (Å²) in [4.78, 5) is 49.3. The van der Waals surface area contributed by atoms with E-state index in [1.165, 1.54) is 52.4 Å². The highest BCUT2D eigenvalue weighted by molar-refractivity contribution is 7.90. The van der Waals surface area contributed by atoms with E-state index < -0.39 is 199 Å². The third kappa shape index (κ3) is 35.3. The zero-order valence-electron chi connectivity index (χ0n) is 60.4. The van der Waals surface area contributed by atoms with Gasteiger partial charge >= 0.3 is 99.9 Å². The van der Waals surface area contributed by atoms with Crippen LogP contribution in [0.15, 0.2) is 63.3 Å². The van der Waals surface area contributed by atoms with Gasteiger partial charge in [0.15, 0.2) is 0 Å². The molecule has 20 nitrogen and oxygen atoms in total. The van der Waals surface area contributed by atoms with E-state index in [0.717, 1.165) is 63.6 Å². The first-order valence-electron chi connectivity index (χ1n) is 31.7. The topological polar surface area (TPSA) is 298 Å². The number of thiol groups is 1. The van der Waals surface area contributed by atoms with Crippen molar-refractivity contribution in [2.45, 2.75) is 199 Å². The average Bonchev–Trinajstić information content (AvgIpc) is 1.52. The third-order valence-corrected chi connectivity index (χ3v) is 17.0. The summed E-state index contributed by atoms with van der Waals surface area (Å²) >= 11 is 4.15. The van der Waals surface area contributed by atoms with E-state index in [4.69, 9.17) is 39.2 Å². The highest BCUT2D eigenvalue weighted by atomic mass is 32.2. The minimum atomic E-state index is -8.91. The van der Waals surface area contributed by atoms with Crippen LogP contribution in [-0.4, -0.2) is 240 Å². The number of hydrogen-bond donors (Lipinski definition) is 1. The number of nitrogens with zero attached hydrogens (tertiary/aromatic N) is 2. The molecule has 0 aromatic rings. The number of hydrogen-bond acceptors (Lipinski definition) is 19. The van der Waals surface area contributed by atoms with Crippen molar-refractivity contribution in [3.05, 3.63) is 63.3 Å². The van der Waals surface area contributed by atoms with Crippen LogP contribution >= 0.6 is 12.6 Å². The predicted molar refractivity (Wildman–Crippen MR) is 335 cm³/mol. The Labute approximate surface area is 641 Å². The zero-order valence-corrected chi connectivity index (χ0v) is 63.0. The molecule has 0 aliphatic carbocycles. The Morgan fingerprint density at radius 1 is 0.374 bits per heavy atom. The van der Waals surface area contributed by atoms with E-state index in [1.807, 2.05) is 0 Å². The molecule has 2 atom stereocenters. The number of sulfonamides is 2. The number of alkyl halides is 32. The van der Waals surface area contributed by atoms with Crippen molar-refractivity contribution in [1.29, 1.82) is 0 Å². The number of carbonyl (C=O) groups excluding carboxylic acids is 5. The lowest BCUT2D eigenvalue weighted by Crippen LogP contribution is -2.75. The maximum atomic E-state index is 14.4. The predicted octanol–water partition coefficient (Wildman–Crippen LogP) is 12.5. The normalized spacial score (nSPS) is 15.9. The number of carbonyl (C=O) groups is 5. The lowest BCUT2D eigenvalue weighted by atomic mass is 9.91. The Hall–Kier alpha value is -6.18. The largest absolute Gasteiger partial charge is 0.545 e. The maximum absolute atomic E-state index is 14.4. The van der Waals surface area contributed by atoms with Crippen LogP contribution in [-0.2, 0) is 72.4 Å². The van der Waals surface area contributed by atoms with Crippen LogP contribution in [0.4, 0.5) is 140 Å². The van der Waals surface area contributed by atoms with Gasteiger partial charge < -0.3 is 58.1 Å². The van der Waals surface area contributed by atoms with E-state index in [1.54, 1.807) is 0 Å². The first-order chi connectivity index (χ1) is 51.6. The van der Waals surface area contributed by atoms with Crippen LogP contribution in [0.1, 0.15) is 98.8 Å². The molecule has 4 heterocycles. The molecule has 4 saturated heterocycles. The quantitative estimate of drug-likeness (QED) is 0.0150. The van der Waals surface area contributed by atoms with Gasteiger partial charge in [-0.2, -0.15) is 162 Å². The number of epoxide rings is 4. The molecule has 115 heavy (non-hydrogen) atoms.